The first-order valence-electron chi connectivity index (χ1n) is 13.5. The number of rotatable bonds is 9. The smallest absolute Gasteiger partial charge is 0.294 e. The fourth-order valence-electron chi connectivity index (χ4n) is 4.98. The number of piperidine rings is 1. The van der Waals surface area contributed by atoms with Crippen LogP contribution >= 0.6 is 11.6 Å². The van der Waals surface area contributed by atoms with Crippen molar-refractivity contribution in [3.8, 4) is 28.9 Å². The van der Waals surface area contributed by atoms with Crippen molar-refractivity contribution in [2.24, 2.45) is 0 Å². The second-order valence-corrected chi connectivity index (χ2v) is 10.0. The largest absolute Gasteiger partial charge is 0.317 e. The van der Waals surface area contributed by atoms with Crippen LogP contribution < -0.4 is 16.0 Å². The van der Waals surface area contributed by atoms with E-state index in [4.69, 9.17) is 16.6 Å². The Morgan fingerprint density at radius 1 is 1.19 bits per heavy atom. The molecule has 0 unspecified atom stereocenters. The van der Waals surface area contributed by atoms with E-state index in [0.29, 0.717) is 52.8 Å². The van der Waals surface area contributed by atoms with Crippen LogP contribution in [0, 0.1) is 22.0 Å². The zero-order valence-corrected chi connectivity index (χ0v) is 23.6. The van der Waals surface area contributed by atoms with Crippen LogP contribution in [0.3, 0.4) is 0 Å². The van der Waals surface area contributed by atoms with Gasteiger partial charge in [0.1, 0.15) is 24.3 Å². The SMILES string of the molecule is CCNC1(C(=O)Nc2ncnc3c2nc(-c2ccccc2Cl)n3-c2ccc(C#CCCO[N+](=O)[O-])cc2)CCNCC1. The summed E-state index contributed by atoms with van der Waals surface area (Å²) in [6.45, 7) is 4.02. The summed E-state index contributed by atoms with van der Waals surface area (Å²) in [5.41, 5.74) is 2.36. The van der Waals surface area contributed by atoms with Crippen molar-refractivity contribution >= 4 is 34.5 Å². The van der Waals surface area contributed by atoms with Gasteiger partial charge in [-0.2, -0.15) is 0 Å². The Bertz CT molecular complexity index is 1650. The Balaban J connectivity index is 1.54. The minimum absolute atomic E-state index is 0.0919. The molecule has 3 N–H and O–H groups in total. The number of halogens is 1. The first-order valence-corrected chi connectivity index (χ1v) is 13.9. The van der Waals surface area contributed by atoms with E-state index < -0.39 is 10.6 Å². The van der Waals surface area contributed by atoms with Crippen LogP contribution in [0.15, 0.2) is 54.9 Å². The summed E-state index contributed by atoms with van der Waals surface area (Å²) in [5.74, 6) is 6.53. The number of hydrogen-bond donors (Lipinski definition) is 3. The monoisotopic (exact) mass is 588 g/mol. The molecule has 0 bridgehead atoms. The second-order valence-electron chi connectivity index (χ2n) is 9.62. The Kier molecular flexibility index (Phi) is 8.92. The van der Waals surface area contributed by atoms with Gasteiger partial charge in [0, 0.05) is 23.2 Å². The quantitative estimate of drug-likeness (QED) is 0.115. The van der Waals surface area contributed by atoms with Gasteiger partial charge >= 0.3 is 0 Å². The highest BCUT2D eigenvalue weighted by Gasteiger charge is 2.39. The summed E-state index contributed by atoms with van der Waals surface area (Å²) in [6, 6.07) is 14.8. The molecule has 0 radical (unpaired) electrons. The van der Waals surface area contributed by atoms with Gasteiger partial charge in [0.25, 0.3) is 5.09 Å². The van der Waals surface area contributed by atoms with E-state index in [2.05, 4.69) is 42.6 Å². The lowest BCUT2D eigenvalue weighted by Crippen LogP contribution is -2.59. The number of anilines is 1. The van der Waals surface area contributed by atoms with Gasteiger partial charge in [-0.25, -0.2) is 15.0 Å². The van der Waals surface area contributed by atoms with E-state index in [-0.39, 0.29) is 18.9 Å². The molecule has 4 aromatic rings. The molecule has 12 nitrogen and oxygen atoms in total. The number of fused-ring (bicyclic) bond motifs is 1. The molecule has 216 valence electrons. The Morgan fingerprint density at radius 3 is 2.67 bits per heavy atom. The molecular formula is C29H29ClN8O4. The molecule has 13 heteroatoms. The molecule has 2 aromatic carbocycles. The lowest BCUT2D eigenvalue weighted by molar-refractivity contribution is -0.757. The summed E-state index contributed by atoms with van der Waals surface area (Å²) in [6.07, 6.45) is 2.93. The number of likely N-dealkylation sites (N-methyl/N-ethyl adjacent to an activating group) is 1. The molecule has 1 saturated heterocycles. The number of hydrogen-bond acceptors (Lipinski definition) is 9. The standard InChI is InChI=1S/C29H29ClN8O4/c1-2-34-29(14-16-31-17-15-29)28(39)36-25-24-27(33-19-32-25)37(26(35-24)22-8-3-4-9-23(22)30)21-12-10-20(11-13-21)7-5-6-18-42-38(40)41/h3-4,8-13,19,31,34H,2,6,14-18H2,1H3,(H,32,33,36,39). The van der Waals surface area contributed by atoms with Gasteiger partial charge in [0.2, 0.25) is 5.91 Å². The van der Waals surface area contributed by atoms with Gasteiger partial charge in [0.15, 0.2) is 17.0 Å². The van der Waals surface area contributed by atoms with Crippen molar-refractivity contribution in [2.75, 3.05) is 31.6 Å². The van der Waals surface area contributed by atoms with Gasteiger partial charge in [-0.05, 0) is 68.9 Å². The number of carbonyl (C=O) groups excluding carboxylic acids is 1. The summed E-state index contributed by atoms with van der Waals surface area (Å²) in [4.78, 5) is 42.1. The van der Waals surface area contributed by atoms with Crippen LogP contribution in [0.2, 0.25) is 5.02 Å². The fraction of sp³-hybridized carbons (Fsp3) is 0.310. The molecule has 42 heavy (non-hydrogen) atoms. The van der Waals surface area contributed by atoms with Crippen molar-refractivity contribution in [1.29, 1.82) is 0 Å². The van der Waals surface area contributed by atoms with E-state index in [1.165, 1.54) is 6.33 Å². The van der Waals surface area contributed by atoms with E-state index in [1.807, 2.05) is 54.0 Å². The topological polar surface area (TPSA) is 149 Å². The van der Waals surface area contributed by atoms with Gasteiger partial charge in [0.05, 0.1) is 5.02 Å². The van der Waals surface area contributed by atoms with E-state index >= 15 is 0 Å². The summed E-state index contributed by atoms with van der Waals surface area (Å²) >= 11 is 6.61. The number of benzene rings is 2. The normalized spacial score (nSPS) is 14.1. The molecule has 0 saturated carbocycles. The molecule has 1 fully saturated rings. The van der Waals surface area contributed by atoms with Crippen molar-refractivity contribution in [2.45, 2.75) is 31.7 Å². The van der Waals surface area contributed by atoms with Crippen molar-refractivity contribution in [3.05, 3.63) is 75.6 Å². The zero-order valence-electron chi connectivity index (χ0n) is 22.9. The maximum Gasteiger partial charge on any atom is 0.294 e. The van der Waals surface area contributed by atoms with Crippen molar-refractivity contribution in [1.82, 2.24) is 30.2 Å². The summed E-state index contributed by atoms with van der Waals surface area (Å²) in [5, 5.41) is 19.7. The fourth-order valence-corrected chi connectivity index (χ4v) is 5.20. The van der Waals surface area contributed by atoms with Crippen LogP contribution in [0.5, 0.6) is 0 Å². The number of aromatic nitrogens is 4. The predicted octanol–water partition coefficient (Wildman–Crippen LogP) is 3.76. The van der Waals surface area contributed by atoms with Gasteiger partial charge in [-0.3, -0.25) is 9.36 Å². The molecule has 1 aliphatic rings. The Labute approximate surface area is 247 Å². The van der Waals surface area contributed by atoms with Gasteiger partial charge in [-0.15, -0.1) is 10.1 Å². The maximum atomic E-state index is 13.6. The van der Waals surface area contributed by atoms with E-state index in [0.717, 1.165) is 24.3 Å². The Morgan fingerprint density at radius 2 is 1.95 bits per heavy atom. The molecule has 2 aromatic heterocycles. The van der Waals surface area contributed by atoms with Crippen LogP contribution in [0.25, 0.3) is 28.2 Å². The van der Waals surface area contributed by atoms with Crippen LogP contribution in [0.4, 0.5) is 5.82 Å². The third-order valence-corrected chi connectivity index (χ3v) is 7.31. The third kappa shape index (κ3) is 6.18. The molecule has 0 spiro atoms. The minimum atomic E-state index is -0.837. The molecule has 5 rings (SSSR count). The highest BCUT2D eigenvalue weighted by atomic mass is 35.5. The molecular weight excluding hydrogens is 560 g/mol. The number of nitrogens with zero attached hydrogens (tertiary/aromatic N) is 5. The van der Waals surface area contributed by atoms with E-state index in [9.17, 15) is 14.9 Å². The molecule has 1 aliphatic heterocycles. The first kappa shape index (κ1) is 28.9. The molecule has 3 heterocycles. The number of nitrogens with one attached hydrogen (secondary N) is 3. The summed E-state index contributed by atoms with van der Waals surface area (Å²) in [7, 11) is 0. The minimum Gasteiger partial charge on any atom is -0.317 e. The lowest BCUT2D eigenvalue weighted by Gasteiger charge is -2.36. The average Bonchev–Trinajstić information content (AvgIpc) is 3.38. The van der Waals surface area contributed by atoms with Crippen molar-refractivity contribution in [3.63, 3.8) is 0 Å². The van der Waals surface area contributed by atoms with Crippen LogP contribution in [-0.2, 0) is 9.63 Å². The molecule has 1 amide bonds. The highest BCUT2D eigenvalue weighted by Crippen LogP contribution is 2.34. The van der Waals surface area contributed by atoms with Crippen molar-refractivity contribution < 1.29 is 14.7 Å². The number of carbonyl (C=O) groups is 1. The van der Waals surface area contributed by atoms with Crippen LogP contribution in [-0.4, -0.2) is 62.3 Å². The second kappa shape index (κ2) is 12.9. The Hall–Kier alpha value is -4.57. The number of imidazole rings is 1. The zero-order chi connectivity index (χ0) is 29.5. The summed E-state index contributed by atoms with van der Waals surface area (Å²) < 4.78 is 1.86. The van der Waals surface area contributed by atoms with E-state index in [1.54, 1.807) is 6.07 Å². The third-order valence-electron chi connectivity index (χ3n) is 6.98. The van der Waals surface area contributed by atoms with Gasteiger partial charge in [-0.1, -0.05) is 42.5 Å². The molecule has 0 aliphatic carbocycles. The van der Waals surface area contributed by atoms with Crippen LogP contribution in [0.1, 0.15) is 31.7 Å². The molecule has 0 atom stereocenters. The first-order chi connectivity index (χ1) is 20.4. The number of amides is 1. The average molecular weight is 589 g/mol. The maximum absolute atomic E-state index is 13.6. The predicted molar refractivity (Wildman–Crippen MR) is 159 cm³/mol. The lowest BCUT2D eigenvalue weighted by atomic mass is 9.87. The van der Waals surface area contributed by atoms with Gasteiger partial charge < -0.3 is 20.8 Å². The highest BCUT2D eigenvalue weighted by molar-refractivity contribution is 6.33.